The second kappa shape index (κ2) is 7.06. The molecule has 136 valence electrons. The van der Waals surface area contributed by atoms with Gasteiger partial charge in [-0.15, -0.1) is 0 Å². The fourth-order valence-electron chi connectivity index (χ4n) is 2.91. The maximum atomic E-state index is 12.6. The highest BCUT2D eigenvalue weighted by atomic mass is 35.5. The van der Waals surface area contributed by atoms with Gasteiger partial charge in [-0.3, -0.25) is 4.72 Å². The molecule has 0 amide bonds. The van der Waals surface area contributed by atoms with E-state index < -0.39 is 10.0 Å². The number of rotatable bonds is 5. The molecule has 1 heterocycles. The molecule has 27 heavy (non-hydrogen) atoms. The number of imidazole rings is 1. The number of halogens is 1. The molecule has 0 bridgehead atoms. The Kier molecular flexibility index (Phi) is 4.59. The van der Waals surface area contributed by atoms with E-state index in [1.165, 1.54) is 11.6 Å². The van der Waals surface area contributed by atoms with Crippen LogP contribution < -0.4 is 4.72 Å². The minimum atomic E-state index is -3.77. The van der Waals surface area contributed by atoms with E-state index in [1.54, 1.807) is 36.7 Å². The first-order valence-corrected chi connectivity index (χ1v) is 10.2. The highest BCUT2D eigenvalue weighted by Crippen LogP contribution is 2.25. The molecule has 4 aromatic rings. The minimum Gasteiger partial charge on any atom is -0.326 e. The van der Waals surface area contributed by atoms with Gasteiger partial charge in [0, 0.05) is 6.54 Å². The number of nitrogens with zero attached hydrogens (tertiary/aromatic N) is 2. The normalized spacial score (nSPS) is 11.6. The largest absolute Gasteiger partial charge is 0.326 e. The molecule has 0 aliphatic heterocycles. The average molecular weight is 398 g/mol. The zero-order chi connectivity index (χ0) is 18.9. The number of sulfonamides is 1. The Morgan fingerprint density at radius 3 is 2.48 bits per heavy atom. The van der Waals surface area contributed by atoms with Crippen LogP contribution in [-0.2, 0) is 16.6 Å². The number of hydrogen-bond acceptors (Lipinski definition) is 3. The molecule has 4 rings (SSSR count). The highest BCUT2D eigenvalue weighted by Gasteiger charge is 2.18. The van der Waals surface area contributed by atoms with Crippen LogP contribution in [0.15, 0.2) is 84.0 Å². The van der Waals surface area contributed by atoms with E-state index in [9.17, 15) is 8.42 Å². The highest BCUT2D eigenvalue weighted by molar-refractivity contribution is 7.92. The second-order valence-corrected chi connectivity index (χ2v) is 8.16. The van der Waals surface area contributed by atoms with Gasteiger partial charge in [-0.1, -0.05) is 54.1 Å². The van der Waals surface area contributed by atoms with E-state index in [0.717, 1.165) is 5.52 Å². The lowest BCUT2D eigenvalue weighted by atomic mass is 10.2. The molecule has 1 N–H and O–H groups in total. The number of benzene rings is 3. The number of anilines is 1. The van der Waals surface area contributed by atoms with Gasteiger partial charge in [0.15, 0.2) is 0 Å². The van der Waals surface area contributed by atoms with E-state index in [-0.39, 0.29) is 9.92 Å². The third kappa shape index (κ3) is 3.67. The predicted molar refractivity (Wildman–Crippen MR) is 108 cm³/mol. The van der Waals surface area contributed by atoms with Crippen molar-refractivity contribution in [3.63, 3.8) is 0 Å². The first kappa shape index (κ1) is 17.6. The lowest BCUT2D eigenvalue weighted by molar-refractivity contribution is 0.601. The van der Waals surface area contributed by atoms with E-state index in [2.05, 4.69) is 21.8 Å². The molecule has 0 atom stereocenters. The van der Waals surface area contributed by atoms with E-state index in [0.29, 0.717) is 17.7 Å². The summed E-state index contributed by atoms with van der Waals surface area (Å²) < 4.78 is 29.8. The summed E-state index contributed by atoms with van der Waals surface area (Å²) in [4.78, 5) is 4.44. The number of fused-ring (bicyclic) bond motifs is 1. The SMILES string of the molecule is O=S(=O)(Nc1ccc2c(c1)ncn2Cc1ccccc1)c1ccccc1Cl. The Hall–Kier alpha value is -2.83. The predicted octanol–water partition coefficient (Wildman–Crippen LogP) is 4.54. The van der Waals surface area contributed by atoms with Crippen LogP contribution in [0, 0.1) is 0 Å². The van der Waals surface area contributed by atoms with Crippen LogP contribution in [0.4, 0.5) is 5.69 Å². The molecule has 5 nitrogen and oxygen atoms in total. The molecule has 0 fully saturated rings. The van der Waals surface area contributed by atoms with Crippen molar-refractivity contribution < 1.29 is 8.42 Å². The van der Waals surface area contributed by atoms with Crippen LogP contribution in [0.1, 0.15) is 5.56 Å². The smallest absolute Gasteiger partial charge is 0.263 e. The quantitative estimate of drug-likeness (QED) is 0.537. The van der Waals surface area contributed by atoms with Gasteiger partial charge in [0.2, 0.25) is 0 Å². The van der Waals surface area contributed by atoms with Crippen LogP contribution >= 0.6 is 11.6 Å². The summed E-state index contributed by atoms with van der Waals surface area (Å²) in [5.74, 6) is 0. The van der Waals surface area contributed by atoms with Gasteiger partial charge in [-0.05, 0) is 35.9 Å². The van der Waals surface area contributed by atoms with Gasteiger partial charge >= 0.3 is 0 Å². The van der Waals surface area contributed by atoms with Gasteiger partial charge in [0.1, 0.15) is 4.90 Å². The zero-order valence-electron chi connectivity index (χ0n) is 14.2. The molecule has 0 radical (unpaired) electrons. The van der Waals surface area contributed by atoms with Crippen molar-refractivity contribution in [2.45, 2.75) is 11.4 Å². The Labute approximate surface area is 162 Å². The monoisotopic (exact) mass is 397 g/mol. The average Bonchev–Trinajstić information content (AvgIpc) is 3.04. The van der Waals surface area contributed by atoms with Crippen LogP contribution in [0.25, 0.3) is 11.0 Å². The van der Waals surface area contributed by atoms with Gasteiger partial charge in [-0.2, -0.15) is 0 Å². The van der Waals surface area contributed by atoms with Crippen LogP contribution in [-0.4, -0.2) is 18.0 Å². The lowest BCUT2D eigenvalue weighted by Crippen LogP contribution is -2.13. The number of hydrogen-bond donors (Lipinski definition) is 1. The fraction of sp³-hybridized carbons (Fsp3) is 0.0500. The molecule has 0 spiro atoms. The summed E-state index contributed by atoms with van der Waals surface area (Å²) in [5.41, 5.74) is 3.25. The summed E-state index contributed by atoms with van der Waals surface area (Å²) >= 11 is 6.02. The minimum absolute atomic E-state index is 0.0429. The molecular weight excluding hydrogens is 382 g/mol. The molecule has 7 heteroatoms. The first-order valence-electron chi connectivity index (χ1n) is 8.29. The molecule has 0 saturated heterocycles. The van der Waals surface area contributed by atoms with E-state index >= 15 is 0 Å². The third-order valence-electron chi connectivity index (χ3n) is 4.20. The Morgan fingerprint density at radius 1 is 0.963 bits per heavy atom. The van der Waals surface area contributed by atoms with Gasteiger partial charge in [0.25, 0.3) is 10.0 Å². The lowest BCUT2D eigenvalue weighted by Gasteiger charge is -2.10. The van der Waals surface area contributed by atoms with Crippen molar-refractivity contribution >= 4 is 38.3 Å². The van der Waals surface area contributed by atoms with Crippen molar-refractivity contribution in [1.29, 1.82) is 0 Å². The van der Waals surface area contributed by atoms with Gasteiger partial charge in [-0.25, -0.2) is 13.4 Å². The van der Waals surface area contributed by atoms with E-state index in [1.807, 2.05) is 28.8 Å². The van der Waals surface area contributed by atoms with Crippen molar-refractivity contribution in [3.8, 4) is 0 Å². The van der Waals surface area contributed by atoms with Crippen LogP contribution in [0.2, 0.25) is 5.02 Å². The van der Waals surface area contributed by atoms with E-state index in [4.69, 9.17) is 11.6 Å². The first-order chi connectivity index (χ1) is 13.0. The maximum Gasteiger partial charge on any atom is 0.263 e. The molecule has 0 aliphatic carbocycles. The van der Waals surface area contributed by atoms with Crippen molar-refractivity contribution in [2.75, 3.05) is 4.72 Å². The second-order valence-electron chi connectivity index (χ2n) is 6.10. The third-order valence-corrected chi connectivity index (χ3v) is 6.08. The molecule has 3 aromatic carbocycles. The number of nitrogens with one attached hydrogen (secondary N) is 1. The number of aromatic nitrogens is 2. The zero-order valence-corrected chi connectivity index (χ0v) is 15.8. The fourth-order valence-corrected chi connectivity index (χ4v) is 4.48. The van der Waals surface area contributed by atoms with Gasteiger partial charge < -0.3 is 4.57 Å². The van der Waals surface area contributed by atoms with Crippen LogP contribution in [0.3, 0.4) is 0 Å². The Bertz CT molecular complexity index is 1200. The van der Waals surface area contributed by atoms with Crippen molar-refractivity contribution in [3.05, 3.63) is 89.7 Å². The molecule has 0 unspecified atom stereocenters. The maximum absolute atomic E-state index is 12.6. The summed E-state index contributed by atoms with van der Waals surface area (Å²) in [5, 5.41) is 0.179. The summed E-state index contributed by atoms with van der Waals surface area (Å²) in [7, 11) is -3.77. The van der Waals surface area contributed by atoms with Crippen molar-refractivity contribution in [2.24, 2.45) is 0 Å². The summed E-state index contributed by atoms with van der Waals surface area (Å²) in [6.07, 6.45) is 1.75. The molecular formula is C20H16ClN3O2S. The van der Waals surface area contributed by atoms with Crippen molar-refractivity contribution in [1.82, 2.24) is 9.55 Å². The summed E-state index contributed by atoms with van der Waals surface area (Å²) in [6.45, 7) is 0.696. The topological polar surface area (TPSA) is 64.0 Å². The molecule has 0 aliphatic rings. The van der Waals surface area contributed by atoms with Gasteiger partial charge in [0.05, 0.1) is 28.1 Å². The Morgan fingerprint density at radius 2 is 1.70 bits per heavy atom. The van der Waals surface area contributed by atoms with Crippen LogP contribution in [0.5, 0.6) is 0 Å². The molecule has 0 saturated carbocycles. The molecule has 1 aromatic heterocycles. The Balaban J connectivity index is 1.62. The standard InChI is InChI=1S/C20H16ClN3O2S/c21-17-8-4-5-9-20(17)27(25,26)23-16-10-11-19-18(12-16)22-14-24(19)13-15-6-2-1-3-7-15/h1-12,14,23H,13H2. The summed E-state index contributed by atoms with van der Waals surface area (Å²) in [6, 6.07) is 21.7.